The SMILES string of the molecule is CCc1nc(CN2CCC(CNC(=O)[C@@H]3CCC[C@@H]3CN)CC2)cs1.Cl.Cl. The lowest BCUT2D eigenvalue weighted by molar-refractivity contribution is -0.126. The van der Waals surface area contributed by atoms with Crippen LogP contribution in [0.1, 0.15) is 49.7 Å². The predicted molar refractivity (Wildman–Crippen MR) is 117 cm³/mol. The third-order valence-electron chi connectivity index (χ3n) is 5.86. The maximum absolute atomic E-state index is 12.4. The number of rotatable bonds is 7. The Hall–Kier alpha value is -0.400. The van der Waals surface area contributed by atoms with Crippen molar-refractivity contribution in [2.24, 2.45) is 23.5 Å². The summed E-state index contributed by atoms with van der Waals surface area (Å²) in [5, 5.41) is 6.64. The molecule has 3 rings (SSSR count). The highest BCUT2D eigenvalue weighted by Crippen LogP contribution is 2.31. The molecule has 0 bridgehead atoms. The number of nitrogens with two attached hydrogens (primary N) is 1. The number of hydrogen-bond donors (Lipinski definition) is 2. The number of halogens is 2. The average molecular weight is 437 g/mol. The lowest BCUT2D eigenvalue weighted by Gasteiger charge is -2.31. The summed E-state index contributed by atoms with van der Waals surface area (Å²) in [7, 11) is 0. The van der Waals surface area contributed by atoms with E-state index in [9.17, 15) is 4.79 Å². The Labute approximate surface area is 179 Å². The molecule has 3 N–H and O–H groups in total. The highest BCUT2D eigenvalue weighted by Gasteiger charge is 2.32. The second-order valence-electron chi connectivity index (χ2n) is 7.58. The zero-order valence-electron chi connectivity index (χ0n) is 16.2. The van der Waals surface area contributed by atoms with Crippen molar-refractivity contribution in [2.75, 3.05) is 26.2 Å². The minimum atomic E-state index is 0. The van der Waals surface area contributed by atoms with Gasteiger partial charge in [-0.3, -0.25) is 9.69 Å². The summed E-state index contributed by atoms with van der Waals surface area (Å²) in [5.74, 6) is 1.40. The van der Waals surface area contributed by atoms with Crippen LogP contribution < -0.4 is 11.1 Å². The molecule has 27 heavy (non-hydrogen) atoms. The van der Waals surface area contributed by atoms with Crippen molar-refractivity contribution in [3.8, 4) is 0 Å². The van der Waals surface area contributed by atoms with Gasteiger partial charge in [0.15, 0.2) is 0 Å². The van der Waals surface area contributed by atoms with E-state index in [1.54, 1.807) is 11.3 Å². The Kier molecular flexibility index (Phi) is 11.2. The minimum Gasteiger partial charge on any atom is -0.356 e. The van der Waals surface area contributed by atoms with Crippen LogP contribution in [0.25, 0.3) is 0 Å². The van der Waals surface area contributed by atoms with Crippen LogP contribution in [0.4, 0.5) is 0 Å². The van der Waals surface area contributed by atoms with Gasteiger partial charge in [-0.15, -0.1) is 36.2 Å². The van der Waals surface area contributed by atoms with Crippen molar-refractivity contribution >= 4 is 42.1 Å². The molecule has 5 nitrogen and oxygen atoms in total. The summed E-state index contributed by atoms with van der Waals surface area (Å²) >= 11 is 1.77. The second kappa shape index (κ2) is 12.2. The molecule has 2 fully saturated rings. The lowest BCUT2D eigenvalue weighted by atomic mass is 9.93. The predicted octanol–water partition coefficient (Wildman–Crippen LogP) is 3.25. The Morgan fingerprint density at radius 2 is 2.04 bits per heavy atom. The summed E-state index contributed by atoms with van der Waals surface area (Å²) in [6, 6.07) is 0. The Balaban J connectivity index is 0.00000182. The molecule has 1 aliphatic heterocycles. The van der Waals surface area contributed by atoms with Crippen molar-refractivity contribution in [2.45, 2.75) is 52.0 Å². The van der Waals surface area contributed by atoms with E-state index in [2.05, 4.69) is 27.5 Å². The fourth-order valence-corrected chi connectivity index (χ4v) is 4.94. The first-order valence-corrected chi connectivity index (χ1v) is 10.7. The molecular formula is C19H34Cl2N4OS. The number of aromatic nitrogens is 1. The van der Waals surface area contributed by atoms with Gasteiger partial charge in [-0.25, -0.2) is 4.98 Å². The van der Waals surface area contributed by atoms with Gasteiger partial charge in [-0.2, -0.15) is 0 Å². The van der Waals surface area contributed by atoms with Crippen LogP contribution in [0.5, 0.6) is 0 Å². The summed E-state index contributed by atoms with van der Waals surface area (Å²) < 4.78 is 0. The van der Waals surface area contributed by atoms with E-state index in [4.69, 9.17) is 5.73 Å². The molecule has 1 saturated carbocycles. The number of piperidine rings is 1. The van der Waals surface area contributed by atoms with Gasteiger partial charge in [0.05, 0.1) is 10.7 Å². The first kappa shape index (κ1) is 24.6. The van der Waals surface area contributed by atoms with E-state index in [0.29, 0.717) is 18.4 Å². The van der Waals surface area contributed by atoms with Crippen LogP contribution in [0, 0.1) is 17.8 Å². The van der Waals surface area contributed by atoms with Gasteiger partial charge in [-0.1, -0.05) is 13.3 Å². The number of carbonyl (C=O) groups excluding carboxylic acids is 1. The number of nitrogens with zero attached hydrogens (tertiary/aromatic N) is 2. The summed E-state index contributed by atoms with van der Waals surface area (Å²) in [6.45, 7) is 6.81. The molecule has 2 heterocycles. The molecule has 2 atom stereocenters. The molecule has 1 saturated heterocycles. The molecule has 0 radical (unpaired) electrons. The van der Waals surface area contributed by atoms with E-state index in [0.717, 1.165) is 64.7 Å². The molecule has 1 aliphatic carbocycles. The van der Waals surface area contributed by atoms with Crippen LogP contribution >= 0.6 is 36.2 Å². The zero-order valence-corrected chi connectivity index (χ0v) is 18.6. The van der Waals surface area contributed by atoms with Crippen LogP contribution in [0.15, 0.2) is 5.38 Å². The molecular weight excluding hydrogens is 403 g/mol. The van der Waals surface area contributed by atoms with Crippen molar-refractivity contribution in [1.29, 1.82) is 0 Å². The third kappa shape index (κ3) is 6.86. The second-order valence-corrected chi connectivity index (χ2v) is 8.53. The van der Waals surface area contributed by atoms with E-state index in [-0.39, 0.29) is 36.6 Å². The van der Waals surface area contributed by atoms with Gasteiger partial charge in [0, 0.05) is 24.4 Å². The van der Waals surface area contributed by atoms with Crippen molar-refractivity contribution in [3.05, 3.63) is 16.1 Å². The highest BCUT2D eigenvalue weighted by atomic mass is 35.5. The highest BCUT2D eigenvalue weighted by molar-refractivity contribution is 7.09. The van der Waals surface area contributed by atoms with E-state index in [1.807, 2.05) is 0 Å². The molecule has 156 valence electrons. The van der Waals surface area contributed by atoms with Crippen LogP contribution in [0.3, 0.4) is 0 Å². The average Bonchev–Trinajstić information content (AvgIpc) is 3.29. The zero-order chi connectivity index (χ0) is 17.6. The lowest BCUT2D eigenvalue weighted by Crippen LogP contribution is -2.41. The Morgan fingerprint density at radius 1 is 1.30 bits per heavy atom. The first-order chi connectivity index (χ1) is 12.2. The van der Waals surface area contributed by atoms with E-state index in [1.165, 1.54) is 10.7 Å². The van der Waals surface area contributed by atoms with Gasteiger partial charge in [0.1, 0.15) is 0 Å². The van der Waals surface area contributed by atoms with Gasteiger partial charge in [0.2, 0.25) is 5.91 Å². The van der Waals surface area contributed by atoms with E-state index < -0.39 is 0 Å². The van der Waals surface area contributed by atoms with Crippen molar-refractivity contribution < 1.29 is 4.79 Å². The standard InChI is InChI=1S/C19H32N4OS.2ClH/c1-2-18-22-16(13-25-18)12-23-8-6-14(7-9-23)11-21-19(24)17-5-3-4-15(17)10-20;;/h13-15,17H,2-12,20H2,1H3,(H,21,24);2*1H/t15-,17-;;/m1../s1. The smallest absolute Gasteiger partial charge is 0.223 e. The van der Waals surface area contributed by atoms with Gasteiger partial charge < -0.3 is 11.1 Å². The topological polar surface area (TPSA) is 71.2 Å². The van der Waals surface area contributed by atoms with Crippen molar-refractivity contribution in [3.63, 3.8) is 0 Å². The fourth-order valence-electron chi connectivity index (χ4n) is 4.20. The minimum absolute atomic E-state index is 0. The Morgan fingerprint density at radius 3 is 2.67 bits per heavy atom. The molecule has 0 unspecified atom stereocenters. The Bertz CT molecular complexity index is 564. The maximum Gasteiger partial charge on any atom is 0.223 e. The summed E-state index contributed by atoms with van der Waals surface area (Å²) in [4.78, 5) is 19.6. The maximum atomic E-state index is 12.4. The van der Waals surface area contributed by atoms with E-state index >= 15 is 0 Å². The number of carbonyl (C=O) groups is 1. The number of hydrogen-bond acceptors (Lipinski definition) is 5. The molecule has 8 heteroatoms. The largest absolute Gasteiger partial charge is 0.356 e. The number of aryl methyl sites for hydroxylation is 1. The number of likely N-dealkylation sites (tertiary alicyclic amines) is 1. The summed E-state index contributed by atoms with van der Waals surface area (Å²) in [5.41, 5.74) is 7.01. The fraction of sp³-hybridized carbons (Fsp3) is 0.789. The number of thiazole rings is 1. The summed E-state index contributed by atoms with van der Waals surface area (Å²) in [6.07, 6.45) is 6.63. The van der Waals surface area contributed by atoms with Crippen molar-refractivity contribution in [1.82, 2.24) is 15.2 Å². The molecule has 2 aliphatic rings. The first-order valence-electron chi connectivity index (χ1n) is 9.83. The van der Waals surface area contributed by atoms with Gasteiger partial charge >= 0.3 is 0 Å². The normalized spacial score (nSPS) is 23.5. The van der Waals surface area contributed by atoms with Gasteiger partial charge in [0.25, 0.3) is 0 Å². The molecule has 1 aromatic rings. The number of amides is 1. The molecule has 1 aromatic heterocycles. The van der Waals surface area contributed by atoms with Crippen LogP contribution in [-0.4, -0.2) is 42.0 Å². The third-order valence-corrected chi connectivity index (χ3v) is 6.90. The quantitative estimate of drug-likeness (QED) is 0.687. The monoisotopic (exact) mass is 436 g/mol. The number of nitrogens with one attached hydrogen (secondary N) is 1. The molecule has 1 amide bonds. The van der Waals surface area contributed by atoms with Gasteiger partial charge in [-0.05, 0) is 63.6 Å². The molecule has 0 spiro atoms. The van der Waals surface area contributed by atoms with Crippen LogP contribution in [0.2, 0.25) is 0 Å². The van der Waals surface area contributed by atoms with Crippen LogP contribution in [-0.2, 0) is 17.8 Å². The molecule has 0 aromatic carbocycles.